The highest BCUT2D eigenvalue weighted by Crippen LogP contribution is 2.35. The predicted octanol–water partition coefficient (Wildman–Crippen LogP) is 2.75. The minimum Gasteiger partial charge on any atom is -0.255 e. The number of aromatic nitrogens is 2. The van der Waals surface area contributed by atoms with Crippen LogP contribution in [0, 0.1) is 17.1 Å². The summed E-state index contributed by atoms with van der Waals surface area (Å²) in [5.41, 5.74) is -0.463. The zero-order valence-corrected chi connectivity index (χ0v) is 12.5. The molecule has 0 unspecified atom stereocenters. The standard InChI is InChI=1S/C12H7ClF3N3O2S/c1-19-11(22(20,21)12(15)16)9(13)10(18-19)7-3-2-6(5-17)4-8(7)14/h2-4,12H,1H3. The van der Waals surface area contributed by atoms with Crippen LogP contribution in [0.25, 0.3) is 11.3 Å². The van der Waals surface area contributed by atoms with Crippen LogP contribution in [-0.4, -0.2) is 24.0 Å². The Morgan fingerprint density at radius 2 is 2.05 bits per heavy atom. The van der Waals surface area contributed by atoms with Crippen LogP contribution in [0.3, 0.4) is 0 Å². The van der Waals surface area contributed by atoms with E-state index in [-0.39, 0.29) is 16.8 Å². The molecule has 0 aliphatic heterocycles. The lowest BCUT2D eigenvalue weighted by atomic mass is 10.1. The van der Waals surface area contributed by atoms with Gasteiger partial charge in [-0.1, -0.05) is 11.6 Å². The number of benzene rings is 1. The molecular weight excluding hydrogens is 343 g/mol. The van der Waals surface area contributed by atoms with Crippen molar-refractivity contribution in [1.29, 1.82) is 5.26 Å². The van der Waals surface area contributed by atoms with E-state index in [1.54, 1.807) is 6.07 Å². The highest BCUT2D eigenvalue weighted by Gasteiger charge is 2.35. The lowest BCUT2D eigenvalue weighted by molar-refractivity contribution is 0.233. The van der Waals surface area contributed by atoms with E-state index in [1.165, 1.54) is 12.1 Å². The molecule has 0 aliphatic rings. The summed E-state index contributed by atoms with van der Waals surface area (Å²) in [6.07, 6.45) is 0. The van der Waals surface area contributed by atoms with Gasteiger partial charge in [0.05, 0.1) is 11.6 Å². The third kappa shape index (κ3) is 2.55. The average Bonchev–Trinajstić information content (AvgIpc) is 2.73. The Morgan fingerprint density at radius 3 is 2.55 bits per heavy atom. The fourth-order valence-electron chi connectivity index (χ4n) is 1.82. The van der Waals surface area contributed by atoms with Gasteiger partial charge in [-0.15, -0.1) is 0 Å². The van der Waals surface area contributed by atoms with E-state index >= 15 is 0 Å². The first-order valence-corrected chi connectivity index (χ1v) is 7.57. The molecule has 0 radical (unpaired) electrons. The fourth-order valence-corrected chi connectivity index (χ4v) is 3.33. The van der Waals surface area contributed by atoms with Gasteiger partial charge in [-0.2, -0.15) is 19.1 Å². The summed E-state index contributed by atoms with van der Waals surface area (Å²) in [6, 6.07) is 5.06. The van der Waals surface area contributed by atoms with Gasteiger partial charge in [-0.05, 0) is 18.2 Å². The summed E-state index contributed by atoms with van der Waals surface area (Å²) in [5.74, 6) is -4.56. The van der Waals surface area contributed by atoms with Crippen molar-refractivity contribution in [2.24, 2.45) is 7.05 Å². The summed E-state index contributed by atoms with van der Waals surface area (Å²) in [5, 5.41) is 10.9. The Bertz CT molecular complexity index is 888. The Balaban J connectivity index is 2.69. The molecule has 0 saturated carbocycles. The van der Waals surface area contributed by atoms with Gasteiger partial charge >= 0.3 is 5.76 Å². The first kappa shape index (κ1) is 16.3. The Morgan fingerprint density at radius 1 is 1.41 bits per heavy atom. The van der Waals surface area contributed by atoms with E-state index < -0.39 is 31.5 Å². The molecule has 0 aliphatic carbocycles. The van der Waals surface area contributed by atoms with Crippen molar-refractivity contribution < 1.29 is 21.6 Å². The number of rotatable bonds is 3. The number of nitrogens with zero attached hydrogens (tertiary/aromatic N) is 3. The van der Waals surface area contributed by atoms with E-state index in [1.807, 2.05) is 0 Å². The zero-order chi connectivity index (χ0) is 16.7. The van der Waals surface area contributed by atoms with Gasteiger partial charge in [0.25, 0.3) is 9.84 Å². The van der Waals surface area contributed by atoms with Crippen molar-refractivity contribution in [2.45, 2.75) is 10.8 Å². The number of alkyl halides is 2. The maximum absolute atomic E-state index is 13.9. The topological polar surface area (TPSA) is 75.8 Å². The molecular formula is C12H7ClF3N3O2S. The average molecular weight is 350 g/mol. The molecule has 0 amide bonds. The highest BCUT2D eigenvalue weighted by atomic mass is 35.5. The predicted molar refractivity (Wildman–Crippen MR) is 71.5 cm³/mol. The lowest BCUT2D eigenvalue weighted by Crippen LogP contribution is -2.15. The van der Waals surface area contributed by atoms with Gasteiger partial charge in [0.1, 0.15) is 16.5 Å². The number of nitriles is 1. The van der Waals surface area contributed by atoms with E-state index in [4.69, 9.17) is 16.9 Å². The first-order valence-electron chi connectivity index (χ1n) is 5.64. The fraction of sp³-hybridized carbons (Fsp3) is 0.167. The number of halogens is 4. The molecule has 5 nitrogen and oxygen atoms in total. The van der Waals surface area contributed by atoms with Gasteiger partial charge in [-0.25, -0.2) is 12.8 Å². The molecule has 0 saturated heterocycles. The second-order valence-corrected chi connectivity index (χ2v) is 6.41. The number of sulfone groups is 1. The van der Waals surface area contributed by atoms with Crippen molar-refractivity contribution in [3.63, 3.8) is 0 Å². The van der Waals surface area contributed by atoms with Crippen molar-refractivity contribution in [2.75, 3.05) is 0 Å². The number of aryl methyl sites for hydroxylation is 1. The molecule has 1 aromatic heterocycles. The Hall–Kier alpha value is -2.05. The van der Waals surface area contributed by atoms with Crippen LogP contribution in [0.15, 0.2) is 23.2 Å². The maximum atomic E-state index is 13.9. The Labute approximate surface area is 128 Å². The van der Waals surface area contributed by atoms with Crippen LogP contribution in [0.5, 0.6) is 0 Å². The van der Waals surface area contributed by atoms with Crippen molar-refractivity contribution in [3.05, 3.63) is 34.6 Å². The second-order valence-electron chi connectivity index (χ2n) is 4.20. The van der Waals surface area contributed by atoms with Crippen LogP contribution in [0.4, 0.5) is 13.2 Å². The molecule has 0 fully saturated rings. The molecule has 1 aromatic carbocycles. The lowest BCUT2D eigenvalue weighted by Gasteiger charge is -2.03. The van der Waals surface area contributed by atoms with E-state index in [0.29, 0.717) is 4.68 Å². The van der Waals surface area contributed by atoms with Gasteiger partial charge in [0.15, 0.2) is 5.03 Å². The van der Waals surface area contributed by atoms with Crippen LogP contribution >= 0.6 is 11.6 Å². The SMILES string of the molecule is Cn1nc(-c2ccc(C#N)cc2F)c(Cl)c1S(=O)(=O)C(F)F. The molecule has 2 aromatic rings. The van der Waals surface area contributed by atoms with Crippen LogP contribution in [-0.2, 0) is 16.9 Å². The second kappa shape index (κ2) is 5.62. The number of hydrogen-bond acceptors (Lipinski definition) is 4. The summed E-state index contributed by atoms with van der Waals surface area (Å²) >= 11 is 5.81. The molecule has 116 valence electrons. The summed E-state index contributed by atoms with van der Waals surface area (Å²) in [7, 11) is -3.89. The van der Waals surface area contributed by atoms with E-state index in [0.717, 1.165) is 13.1 Å². The van der Waals surface area contributed by atoms with Crippen molar-refractivity contribution >= 4 is 21.4 Å². The van der Waals surface area contributed by atoms with Crippen molar-refractivity contribution in [3.8, 4) is 17.3 Å². The van der Waals surface area contributed by atoms with Gasteiger partial charge < -0.3 is 0 Å². The normalized spacial score (nSPS) is 11.7. The van der Waals surface area contributed by atoms with Crippen molar-refractivity contribution in [1.82, 2.24) is 9.78 Å². The molecule has 0 bridgehead atoms. The van der Waals surface area contributed by atoms with E-state index in [2.05, 4.69) is 5.10 Å². The summed E-state index contributed by atoms with van der Waals surface area (Å²) < 4.78 is 63.0. The first-order chi connectivity index (χ1) is 10.2. The minimum absolute atomic E-state index is 0.0359. The van der Waals surface area contributed by atoms with E-state index in [9.17, 15) is 21.6 Å². The molecule has 1 heterocycles. The summed E-state index contributed by atoms with van der Waals surface area (Å²) in [6.45, 7) is 0. The third-order valence-corrected chi connectivity index (χ3v) is 4.74. The molecule has 0 atom stereocenters. The van der Waals surface area contributed by atoms with Gasteiger partial charge in [0.2, 0.25) is 0 Å². The molecule has 10 heteroatoms. The summed E-state index contributed by atoms with van der Waals surface area (Å²) in [4.78, 5) is 0. The largest absolute Gasteiger partial charge is 0.342 e. The van der Waals surface area contributed by atoms with Gasteiger partial charge in [-0.3, -0.25) is 4.68 Å². The van der Waals surface area contributed by atoms with Gasteiger partial charge in [0, 0.05) is 12.6 Å². The monoisotopic (exact) mass is 349 g/mol. The minimum atomic E-state index is -4.99. The third-order valence-electron chi connectivity index (χ3n) is 2.80. The smallest absolute Gasteiger partial charge is 0.255 e. The molecule has 0 spiro atoms. The zero-order valence-electron chi connectivity index (χ0n) is 10.9. The number of hydrogen-bond donors (Lipinski definition) is 0. The van der Waals surface area contributed by atoms with Crippen LogP contribution in [0.1, 0.15) is 5.56 Å². The quantitative estimate of drug-likeness (QED) is 0.853. The maximum Gasteiger partial charge on any atom is 0.342 e. The molecule has 22 heavy (non-hydrogen) atoms. The molecule has 2 rings (SSSR count). The highest BCUT2D eigenvalue weighted by molar-refractivity contribution is 7.91. The van der Waals surface area contributed by atoms with Crippen LogP contribution < -0.4 is 0 Å². The molecule has 0 N–H and O–H groups in total. The van der Waals surface area contributed by atoms with Crippen LogP contribution in [0.2, 0.25) is 5.02 Å². The Kier molecular flexibility index (Phi) is 4.17.